The molecule has 112 valence electrons. The van der Waals surface area contributed by atoms with Gasteiger partial charge in [-0.25, -0.2) is 4.39 Å². The van der Waals surface area contributed by atoms with E-state index in [0.29, 0.717) is 28.6 Å². The number of rotatable bonds is 6. The minimum absolute atomic E-state index is 0.0868. The number of halogens is 2. The smallest absolute Gasteiger partial charge is 0.166 e. The lowest BCUT2D eigenvalue weighted by Crippen LogP contribution is -2.09. The third kappa shape index (κ3) is 3.86. The Morgan fingerprint density at radius 1 is 1.19 bits per heavy atom. The van der Waals surface area contributed by atoms with Crippen LogP contribution in [0.4, 0.5) is 4.39 Å². The van der Waals surface area contributed by atoms with Crippen molar-refractivity contribution in [3.05, 3.63) is 58.4 Å². The zero-order valence-corrected chi connectivity index (χ0v) is 12.7. The van der Waals surface area contributed by atoms with Gasteiger partial charge in [0.2, 0.25) is 0 Å². The average Bonchev–Trinajstić information content (AvgIpc) is 2.49. The molecule has 1 N–H and O–H groups in total. The molecule has 0 aliphatic carbocycles. The lowest BCUT2D eigenvalue weighted by molar-refractivity contribution is 0.276. The second kappa shape index (κ2) is 7.29. The molecule has 5 heteroatoms. The largest absolute Gasteiger partial charge is 0.493 e. The van der Waals surface area contributed by atoms with E-state index in [9.17, 15) is 4.39 Å². The predicted octanol–water partition coefficient (Wildman–Crippen LogP) is 3.79. The van der Waals surface area contributed by atoms with Crippen molar-refractivity contribution in [2.24, 2.45) is 0 Å². The van der Waals surface area contributed by atoms with Gasteiger partial charge in [0.15, 0.2) is 11.5 Å². The van der Waals surface area contributed by atoms with Gasteiger partial charge in [-0.05, 0) is 31.3 Å². The highest BCUT2D eigenvalue weighted by molar-refractivity contribution is 6.30. The van der Waals surface area contributed by atoms with E-state index in [0.717, 1.165) is 5.56 Å². The van der Waals surface area contributed by atoms with Crippen LogP contribution in [0.2, 0.25) is 5.02 Å². The molecule has 0 aromatic heterocycles. The molecule has 0 spiro atoms. The van der Waals surface area contributed by atoms with Crippen LogP contribution >= 0.6 is 11.6 Å². The Kier molecular flexibility index (Phi) is 5.42. The van der Waals surface area contributed by atoms with Gasteiger partial charge in [0, 0.05) is 22.7 Å². The highest BCUT2D eigenvalue weighted by Gasteiger charge is 2.12. The first kappa shape index (κ1) is 15.6. The van der Waals surface area contributed by atoms with Crippen LogP contribution in [0.15, 0.2) is 36.4 Å². The van der Waals surface area contributed by atoms with Crippen LogP contribution in [0, 0.1) is 5.82 Å². The summed E-state index contributed by atoms with van der Waals surface area (Å²) >= 11 is 5.88. The summed E-state index contributed by atoms with van der Waals surface area (Å²) in [5, 5.41) is 3.54. The predicted molar refractivity (Wildman–Crippen MR) is 81.5 cm³/mol. The minimum atomic E-state index is -0.343. The number of ether oxygens (including phenoxy) is 2. The summed E-state index contributed by atoms with van der Waals surface area (Å²) in [5.41, 5.74) is 1.35. The zero-order valence-electron chi connectivity index (χ0n) is 12.0. The van der Waals surface area contributed by atoms with E-state index < -0.39 is 0 Å². The third-order valence-electron chi connectivity index (χ3n) is 3.03. The summed E-state index contributed by atoms with van der Waals surface area (Å²) in [6.45, 7) is 0.716. The van der Waals surface area contributed by atoms with Gasteiger partial charge in [0.05, 0.1) is 7.11 Å². The van der Waals surface area contributed by atoms with Crippen molar-refractivity contribution in [1.29, 1.82) is 0 Å². The van der Waals surface area contributed by atoms with Crippen LogP contribution in [0.25, 0.3) is 0 Å². The van der Waals surface area contributed by atoms with Crippen LogP contribution in [0.5, 0.6) is 11.5 Å². The molecule has 0 heterocycles. The van der Waals surface area contributed by atoms with Crippen molar-refractivity contribution in [3.63, 3.8) is 0 Å². The Hall–Kier alpha value is -1.78. The fourth-order valence-electron chi connectivity index (χ4n) is 2.02. The van der Waals surface area contributed by atoms with Gasteiger partial charge in [0.1, 0.15) is 12.4 Å². The molecular formula is C16H17ClFNO2. The van der Waals surface area contributed by atoms with Crippen LogP contribution in [-0.4, -0.2) is 14.2 Å². The lowest BCUT2D eigenvalue weighted by atomic mass is 10.1. The number of methoxy groups -OCH3 is 1. The molecule has 2 aromatic rings. The molecule has 0 aliphatic heterocycles. The van der Waals surface area contributed by atoms with E-state index >= 15 is 0 Å². The number of benzene rings is 2. The maximum atomic E-state index is 13.7. The lowest BCUT2D eigenvalue weighted by Gasteiger charge is -2.15. The molecule has 21 heavy (non-hydrogen) atoms. The normalized spacial score (nSPS) is 10.5. The summed E-state index contributed by atoms with van der Waals surface area (Å²) < 4.78 is 24.8. The maximum Gasteiger partial charge on any atom is 0.166 e. The summed E-state index contributed by atoms with van der Waals surface area (Å²) in [6.07, 6.45) is 0. The molecule has 0 unspecified atom stereocenters. The van der Waals surface area contributed by atoms with Crippen molar-refractivity contribution in [2.75, 3.05) is 14.2 Å². The molecule has 0 aliphatic rings. The number of para-hydroxylation sites is 1. The van der Waals surface area contributed by atoms with Gasteiger partial charge in [-0.1, -0.05) is 23.7 Å². The molecule has 3 nitrogen and oxygen atoms in total. The first-order valence-electron chi connectivity index (χ1n) is 6.53. The summed E-state index contributed by atoms with van der Waals surface area (Å²) in [5.74, 6) is 0.878. The molecule has 0 atom stereocenters. The number of hydrogen-bond donors (Lipinski definition) is 1. The Morgan fingerprint density at radius 3 is 2.71 bits per heavy atom. The second-order valence-electron chi connectivity index (χ2n) is 4.50. The average molecular weight is 310 g/mol. The van der Waals surface area contributed by atoms with E-state index in [-0.39, 0.29) is 12.4 Å². The van der Waals surface area contributed by atoms with Crippen LogP contribution in [0.1, 0.15) is 11.1 Å². The van der Waals surface area contributed by atoms with Gasteiger partial charge in [0.25, 0.3) is 0 Å². The van der Waals surface area contributed by atoms with Crippen LogP contribution < -0.4 is 14.8 Å². The first-order chi connectivity index (χ1) is 10.2. The van der Waals surface area contributed by atoms with Crippen molar-refractivity contribution in [3.8, 4) is 11.5 Å². The Bertz CT molecular complexity index is 619. The fourth-order valence-corrected chi connectivity index (χ4v) is 2.21. The van der Waals surface area contributed by atoms with E-state index in [1.54, 1.807) is 13.2 Å². The van der Waals surface area contributed by atoms with Crippen molar-refractivity contribution in [2.45, 2.75) is 13.2 Å². The van der Waals surface area contributed by atoms with E-state index in [2.05, 4.69) is 5.32 Å². The summed E-state index contributed by atoms with van der Waals surface area (Å²) in [4.78, 5) is 0. The standard InChI is InChI=1S/C16H17ClFNO2/c1-19-9-11-4-3-5-15(20-2)16(11)21-10-12-8-13(17)6-7-14(12)18/h3-8,19H,9-10H2,1-2H3. The molecule has 0 radical (unpaired) electrons. The third-order valence-corrected chi connectivity index (χ3v) is 3.26. The molecule has 0 fully saturated rings. The van der Waals surface area contributed by atoms with Gasteiger partial charge in [-0.3, -0.25) is 0 Å². The quantitative estimate of drug-likeness (QED) is 0.880. The molecular weight excluding hydrogens is 293 g/mol. The second-order valence-corrected chi connectivity index (χ2v) is 4.94. The Morgan fingerprint density at radius 2 is 2.00 bits per heavy atom. The zero-order chi connectivity index (χ0) is 15.2. The summed E-state index contributed by atoms with van der Waals surface area (Å²) in [7, 11) is 3.42. The first-order valence-corrected chi connectivity index (χ1v) is 6.90. The van der Waals surface area contributed by atoms with Crippen LogP contribution in [0.3, 0.4) is 0 Å². The SMILES string of the molecule is CNCc1cccc(OC)c1OCc1cc(Cl)ccc1F. The maximum absolute atomic E-state index is 13.7. The van der Waals surface area contributed by atoms with Gasteiger partial charge in [-0.15, -0.1) is 0 Å². The summed E-state index contributed by atoms with van der Waals surface area (Å²) in [6, 6.07) is 10.0. The van der Waals surface area contributed by atoms with Crippen LogP contribution in [-0.2, 0) is 13.2 Å². The molecule has 0 saturated heterocycles. The number of nitrogens with one attached hydrogen (secondary N) is 1. The van der Waals surface area contributed by atoms with Gasteiger partial charge in [-0.2, -0.15) is 0 Å². The molecule has 2 rings (SSSR count). The Labute approximate surface area is 128 Å². The molecule has 0 amide bonds. The van der Waals surface area contributed by atoms with E-state index in [4.69, 9.17) is 21.1 Å². The fraction of sp³-hybridized carbons (Fsp3) is 0.250. The topological polar surface area (TPSA) is 30.5 Å². The van der Waals surface area contributed by atoms with Crippen molar-refractivity contribution < 1.29 is 13.9 Å². The molecule has 0 saturated carbocycles. The van der Waals surface area contributed by atoms with E-state index in [1.165, 1.54) is 12.1 Å². The Balaban J connectivity index is 2.24. The minimum Gasteiger partial charge on any atom is -0.493 e. The highest BCUT2D eigenvalue weighted by Crippen LogP contribution is 2.32. The molecule has 0 bridgehead atoms. The van der Waals surface area contributed by atoms with E-state index in [1.807, 2.05) is 25.2 Å². The monoisotopic (exact) mass is 309 g/mol. The van der Waals surface area contributed by atoms with Gasteiger partial charge < -0.3 is 14.8 Å². The highest BCUT2D eigenvalue weighted by atomic mass is 35.5. The molecule has 2 aromatic carbocycles. The number of hydrogen-bond acceptors (Lipinski definition) is 3. The van der Waals surface area contributed by atoms with Crippen molar-refractivity contribution in [1.82, 2.24) is 5.32 Å². The van der Waals surface area contributed by atoms with Crippen molar-refractivity contribution >= 4 is 11.6 Å². The van der Waals surface area contributed by atoms with Gasteiger partial charge >= 0.3 is 0 Å².